The maximum absolute atomic E-state index is 12.8. The Morgan fingerprint density at radius 1 is 1.09 bits per heavy atom. The number of rotatable bonds is 8. The van der Waals surface area contributed by atoms with E-state index in [9.17, 15) is 18.0 Å². The van der Waals surface area contributed by atoms with Crippen LogP contribution in [0.1, 0.15) is 22.8 Å². The smallest absolute Gasteiger partial charge is 0.339 e. The zero-order valence-electron chi connectivity index (χ0n) is 18.4. The molecular formula is C23H19BrClN3O6S. The van der Waals surface area contributed by atoms with E-state index in [1.165, 1.54) is 56.6 Å². The molecule has 2 N–H and O–H groups in total. The lowest BCUT2D eigenvalue weighted by Gasteiger charge is -2.13. The first-order valence-corrected chi connectivity index (χ1v) is 12.5. The first-order chi connectivity index (χ1) is 16.6. The predicted molar refractivity (Wildman–Crippen MR) is 136 cm³/mol. The molecular weight excluding hydrogens is 562 g/mol. The van der Waals surface area contributed by atoms with E-state index in [1.807, 2.05) is 0 Å². The molecule has 0 radical (unpaired) electrons. The van der Waals surface area contributed by atoms with Crippen LogP contribution in [0, 0.1) is 0 Å². The van der Waals surface area contributed by atoms with Crippen molar-refractivity contribution in [2.45, 2.75) is 11.8 Å². The van der Waals surface area contributed by atoms with E-state index in [0.29, 0.717) is 21.8 Å². The number of nitrogens with one attached hydrogen (secondary N) is 2. The first kappa shape index (κ1) is 26.2. The third-order valence-electron chi connectivity index (χ3n) is 4.37. The molecule has 2 amide bonds. The summed E-state index contributed by atoms with van der Waals surface area (Å²) in [5.74, 6) is -0.692. The van der Waals surface area contributed by atoms with Crippen LogP contribution in [0.2, 0.25) is 5.02 Å². The van der Waals surface area contributed by atoms with E-state index in [1.54, 1.807) is 24.3 Å². The molecule has 35 heavy (non-hydrogen) atoms. The van der Waals surface area contributed by atoms with E-state index in [-0.39, 0.29) is 26.8 Å². The lowest BCUT2D eigenvalue weighted by atomic mass is 10.2. The Morgan fingerprint density at radius 3 is 2.43 bits per heavy atom. The van der Waals surface area contributed by atoms with Crippen LogP contribution in [0.3, 0.4) is 0 Å². The summed E-state index contributed by atoms with van der Waals surface area (Å²) in [5.41, 5.74) is 3.66. The third-order valence-corrected chi connectivity index (χ3v) is 6.43. The van der Waals surface area contributed by atoms with Crippen LogP contribution in [0.25, 0.3) is 0 Å². The SMILES string of the molecule is COc1cc(/C=N\NC(=O)c2cccc(Cl)c2)cc(Br)c1OS(=O)(=O)c1ccc(NC(C)=O)cc1. The second-order valence-electron chi connectivity index (χ2n) is 6.99. The topological polar surface area (TPSA) is 123 Å². The second-order valence-corrected chi connectivity index (χ2v) is 9.82. The van der Waals surface area contributed by atoms with E-state index < -0.39 is 16.0 Å². The Labute approximate surface area is 215 Å². The van der Waals surface area contributed by atoms with Crippen LogP contribution < -0.4 is 19.7 Å². The number of hydrogen-bond donors (Lipinski definition) is 2. The Bertz CT molecular complexity index is 1390. The second kappa shape index (κ2) is 11.3. The molecule has 0 spiro atoms. The van der Waals surface area contributed by atoms with Gasteiger partial charge < -0.3 is 14.2 Å². The van der Waals surface area contributed by atoms with Crippen molar-refractivity contribution >= 4 is 61.4 Å². The standard InChI is InChI=1S/C23H19BrClN3O6S/c1-14(29)27-18-6-8-19(9-7-18)35(31,32)34-22-20(24)10-15(11-21(22)33-2)13-26-28-23(30)16-4-3-5-17(25)12-16/h3-13H,1-2H3,(H,27,29)(H,28,30)/b26-13-. The summed E-state index contributed by atoms with van der Waals surface area (Å²) in [6.07, 6.45) is 1.36. The molecule has 0 bridgehead atoms. The van der Waals surface area contributed by atoms with Gasteiger partial charge in [0.15, 0.2) is 11.5 Å². The van der Waals surface area contributed by atoms with Gasteiger partial charge in [0.2, 0.25) is 5.91 Å². The van der Waals surface area contributed by atoms with Crippen molar-refractivity contribution in [3.63, 3.8) is 0 Å². The molecule has 0 atom stereocenters. The van der Waals surface area contributed by atoms with Gasteiger partial charge in [-0.1, -0.05) is 17.7 Å². The number of hydrazone groups is 1. The van der Waals surface area contributed by atoms with Crippen molar-refractivity contribution < 1.29 is 26.9 Å². The zero-order chi connectivity index (χ0) is 25.6. The molecule has 3 rings (SSSR count). The molecule has 0 aliphatic carbocycles. The molecule has 0 unspecified atom stereocenters. The van der Waals surface area contributed by atoms with E-state index in [2.05, 4.69) is 31.8 Å². The molecule has 0 aromatic heterocycles. The van der Waals surface area contributed by atoms with E-state index in [0.717, 1.165) is 0 Å². The molecule has 3 aromatic carbocycles. The maximum atomic E-state index is 12.8. The van der Waals surface area contributed by atoms with Gasteiger partial charge in [0.25, 0.3) is 5.91 Å². The molecule has 12 heteroatoms. The van der Waals surface area contributed by atoms with E-state index in [4.69, 9.17) is 20.5 Å². The fourth-order valence-corrected chi connectivity index (χ4v) is 4.62. The van der Waals surface area contributed by atoms with Crippen LogP contribution in [-0.2, 0) is 14.9 Å². The highest BCUT2D eigenvalue weighted by Gasteiger charge is 2.22. The molecule has 182 valence electrons. The number of halogens is 2. The monoisotopic (exact) mass is 579 g/mol. The number of carbonyl (C=O) groups is 2. The normalized spacial score (nSPS) is 11.2. The van der Waals surface area contributed by atoms with Crippen molar-refractivity contribution in [1.82, 2.24) is 5.43 Å². The minimum atomic E-state index is -4.21. The average Bonchev–Trinajstić information content (AvgIpc) is 2.80. The van der Waals surface area contributed by atoms with Crippen molar-refractivity contribution in [2.24, 2.45) is 5.10 Å². The predicted octanol–water partition coefficient (Wildman–Crippen LogP) is 4.60. The minimum absolute atomic E-state index is 0.0708. The summed E-state index contributed by atoms with van der Waals surface area (Å²) in [5, 5.41) is 6.89. The molecule has 0 saturated carbocycles. The quantitative estimate of drug-likeness (QED) is 0.228. The van der Waals surface area contributed by atoms with Gasteiger partial charge in [0.1, 0.15) is 4.90 Å². The number of hydrogen-bond acceptors (Lipinski definition) is 7. The molecule has 0 aliphatic heterocycles. The minimum Gasteiger partial charge on any atom is -0.493 e. The Kier molecular flexibility index (Phi) is 8.49. The molecule has 9 nitrogen and oxygen atoms in total. The summed E-state index contributed by atoms with van der Waals surface area (Å²) in [7, 11) is -2.86. The number of amides is 2. The first-order valence-electron chi connectivity index (χ1n) is 9.87. The van der Waals surface area contributed by atoms with Gasteiger partial charge in [-0.3, -0.25) is 9.59 Å². The van der Waals surface area contributed by atoms with Gasteiger partial charge >= 0.3 is 10.1 Å². The largest absolute Gasteiger partial charge is 0.493 e. The van der Waals surface area contributed by atoms with Crippen molar-refractivity contribution in [3.8, 4) is 11.5 Å². The van der Waals surface area contributed by atoms with Crippen LogP contribution in [0.5, 0.6) is 11.5 Å². The van der Waals surface area contributed by atoms with Crippen LogP contribution in [-0.4, -0.2) is 33.6 Å². The van der Waals surface area contributed by atoms with Gasteiger partial charge in [-0.2, -0.15) is 13.5 Å². The van der Waals surface area contributed by atoms with Gasteiger partial charge in [-0.05, 0) is 76.1 Å². The number of ether oxygens (including phenoxy) is 1. The van der Waals surface area contributed by atoms with Crippen molar-refractivity contribution in [2.75, 3.05) is 12.4 Å². The van der Waals surface area contributed by atoms with E-state index >= 15 is 0 Å². The summed E-state index contributed by atoms with van der Waals surface area (Å²) < 4.78 is 36.4. The number of nitrogens with zero attached hydrogens (tertiary/aromatic N) is 1. The summed E-state index contributed by atoms with van der Waals surface area (Å²) >= 11 is 9.17. The van der Waals surface area contributed by atoms with Gasteiger partial charge in [0, 0.05) is 23.2 Å². The number of carbonyl (C=O) groups excluding carboxylic acids is 2. The van der Waals surface area contributed by atoms with Crippen LogP contribution in [0.15, 0.2) is 75.1 Å². The number of benzene rings is 3. The summed E-state index contributed by atoms with van der Waals surface area (Å²) in [6.45, 7) is 1.35. The lowest BCUT2D eigenvalue weighted by Crippen LogP contribution is -2.17. The van der Waals surface area contributed by atoms with Crippen molar-refractivity contribution in [1.29, 1.82) is 0 Å². The van der Waals surface area contributed by atoms with Crippen molar-refractivity contribution in [3.05, 3.63) is 81.3 Å². The number of anilines is 1. The summed E-state index contributed by atoms with van der Waals surface area (Å²) in [4.78, 5) is 23.2. The van der Waals surface area contributed by atoms with Gasteiger partial charge in [0.05, 0.1) is 17.8 Å². The Hall–Kier alpha value is -3.41. The third kappa shape index (κ3) is 7.04. The van der Waals surface area contributed by atoms with Gasteiger partial charge in [-0.15, -0.1) is 0 Å². The van der Waals surface area contributed by atoms with Crippen LogP contribution >= 0.6 is 27.5 Å². The highest BCUT2D eigenvalue weighted by atomic mass is 79.9. The van der Waals surface area contributed by atoms with Crippen LogP contribution in [0.4, 0.5) is 5.69 Å². The highest BCUT2D eigenvalue weighted by Crippen LogP contribution is 2.38. The average molecular weight is 581 g/mol. The Morgan fingerprint density at radius 2 is 1.80 bits per heavy atom. The fourth-order valence-electron chi connectivity index (χ4n) is 2.82. The maximum Gasteiger partial charge on any atom is 0.339 e. The molecule has 3 aromatic rings. The van der Waals surface area contributed by atoms with Gasteiger partial charge in [-0.25, -0.2) is 5.43 Å². The lowest BCUT2D eigenvalue weighted by molar-refractivity contribution is -0.114. The Balaban J connectivity index is 1.77. The molecule has 0 saturated heterocycles. The molecule has 0 fully saturated rings. The zero-order valence-corrected chi connectivity index (χ0v) is 21.6. The molecule has 0 aliphatic rings. The summed E-state index contributed by atoms with van der Waals surface area (Å²) in [6, 6.07) is 14.9. The number of methoxy groups -OCH3 is 1. The molecule has 0 heterocycles. The highest BCUT2D eigenvalue weighted by molar-refractivity contribution is 9.10. The fraction of sp³-hybridized carbons (Fsp3) is 0.0870.